The summed E-state index contributed by atoms with van der Waals surface area (Å²) in [5.74, 6) is 0.210. The Morgan fingerprint density at radius 3 is 2.86 bits per heavy atom. The van der Waals surface area contributed by atoms with E-state index >= 15 is 0 Å². The van der Waals surface area contributed by atoms with Gasteiger partial charge in [-0.15, -0.1) is 11.3 Å². The van der Waals surface area contributed by atoms with Gasteiger partial charge in [-0.2, -0.15) is 0 Å². The van der Waals surface area contributed by atoms with Crippen LogP contribution in [0.3, 0.4) is 0 Å². The van der Waals surface area contributed by atoms with Crippen molar-refractivity contribution in [2.75, 3.05) is 23.8 Å². The van der Waals surface area contributed by atoms with Crippen LogP contribution in [0.5, 0.6) is 0 Å². The van der Waals surface area contributed by atoms with Crippen molar-refractivity contribution in [3.63, 3.8) is 0 Å². The van der Waals surface area contributed by atoms with Crippen LogP contribution in [0, 0.1) is 0 Å². The van der Waals surface area contributed by atoms with E-state index in [4.69, 9.17) is 10.5 Å². The first-order valence-corrected chi connectivity index (χ1v) is 7.74. The van der Waals surface area contributed by atoms with Gasteiger partial charge in [0.15, 0.2) is 5.82 Å². The molecule has 0 saturated carbocycles. The number of thiophene rings is 1. The lowest BCUT2D eigenvalue weighted by atomic mass is 10.2. The number of anilines is 2. The van der Waals surface area contributed by atoms with Gasteiger partial charge in [-0.1, -0.05) is 6.07 Å². The Labute approximate surface area is 128 Å². The number of rotatable bonds is 6. The molecule has 6 heteroatoms. The molecule has 0 aliphatic heterocycles. The maximum atomic E-state index is 11.9. The number of nitrogen functional groups attached to an aromatic ring is 1. The van der Waals surface area contributed by atoms with Crippen LogP contribution in [0.2, 0.25) is 0 Å². The van der Waals surface area contributed by atoms with Crippen molar-refractivity contribution in [1.29, 1.82) is 0 Å². The number of esters is 1. The van der Waals surface area contributed by atoms with Crippen LogP contribution in [0.15, 0.2) is 29.8 Å². The number of aromatic nitrogens is 1. The minimum atomic E-state index is -0.411. The molecule has 5 nitrogen and oxygen atoms in total. The van der Waals surface area contributed by atoms with Crippen molar-refractivity contribution < 1.29 is 9.53 Å². The zero-order chi connectivity index (χ0) is 15.2. The largest absolute Gasteiger partial charge is 0.462 e. The van der Waals surface area contributed by atoms with E-state index in [9.17, 15) is 4.79 Å². The normalized spacial score (nSPS) is 10.4. The summed E-state index contributed by atoms with van der Waals surface area (Å²) >= 11 is 1.68. The van der Waals surface area contributed by atoms with Gasteiger partial charge in [-0.05, 0) is 31.4 Å². The number of hydrogen-bond acceptors (Lipinski definition) is 6. The maximum Gasteiger partial charge on any atom is 0.340 e. The maximum absolute atomic E-state index is 11.9. The fourth-order valence-corrected chi connectivity index (χ4v) is 2.75. The summed E-state index contributed by atoms with van der Waals surface area (Å²) in [5, 5.41) is 2.04. The van der Waals surface area contributed by atoms with Gasteiger partial charge in [-0.3, -0.25) is 0 Å². The summed E-state index contributed by atoms with van der Waals surface area (Å²) < 4.78 is 5.02. The lowest BCUT2D eigenvalue weighted by Crippen LogP contribution is -2.24. The predicted molar refractivity (Wildman–Crippen MR) is 85.6 cm³/mol. The zero-order valence-electron chi connectivity index (χ0n) is 12.2. The van der Waals surface area contributed by atoms with E-state index < -0.39 is 5.97 Å². The minimum Gasteiger partial charge on any atom is -0.462 e. The summed E-state index contributed by atoms with van der Waals surface area (Å²) in [7, 11) is 0. The van der Waals surface area contributed by atoms with Gasteiger partial charge < -0.3 is 15.4 Å². The van der Waals surface area contributed by atoms with Crippen LogP contribution in [0.1, 0.15) is 29.1 Å². The fourth-order valence-electron chi connectivity index (χ4n) is 2.03. The third kappa shape index (κ3) is 3.52. The van der Waals surface area contributed by atoms with Crippen molar-refractivity contribution >= 4 is 28.8 Å². The first-order valence-electron chi connectivity index (χ1n) is 6.86. The van der Waals surface area contributed by atoms with E-state index in [-0.39, 0.29) is 0 Å². The highest BCUT2D eigenvalue weighted by Gasteiger charge is 2.18. The van der Waals surface area contributed by atoms with Crippen LogP contribution in [-0.4, -0.2) is 24.1 Å². The second-order valence-corrected chi connectivity index (χ2v) is 5.44. The van der Waals surface area contributed by atoms with Crippen LogP contribution in [0.4, 0.5) is 11.5 Å². The Bertz CT molecular complexity index is 599. The Kier molecular flexibility index (Phi) is 5.16. The predicted octanol–water partition coefficient (Wildman–Crippen LogP) is 2.93. The smallest absolute Gasteiger partial charge is 0.340 e. The van der Waals surface area contributed by atoms with E-state index in [0.717, 1.165) is 13.1 Å². The first-order chi connectivity index (χ1) is 10.2. The molecule has 2 rings (SSSR count). The summed E-state index contributed by atoms with van der Waals surface area (Å²) in [6.45, 7) is 5.60. The van der Waals surface area contributed by atoms with E-state index in [1.807, 2.05) is 23.3 Å². The van der Waals surface area contributed by atoms with Gasteiger partial charge in [0, 0.05) is 17.6 Å². The van der Waals surface area contributed by atoms with Crippen molar-refractivity contribution in [2.45, 2.75) is 20.4 Å². The lowest BCUT2D eigenvalue weighted by molar-refractivity contribution is 0.0527. The number of carbonyl (C=O) groups is 1. The molecule has 0 spiro atoms. The van der Waals surface area contributed by atoms with E-state index in [0.29, 0.717) is 23.7 Å². The zero-order valence-corrected chi connectivity index (χ0v) is 13.0. The number of carbonyl (C=O) groups excluding carboxylic acids is 1. The molecule has 0 aliphatic rings. The van der Waals surface area contributed by atoms with Crippen LogP contribution >= 0.6 is 11.3 Å². The highest BCUT2D eigenvalue weighted by molar-refractivity contribution is 7.09. The number of pyridine rings is 1. The number of nitrogens with zero attached hydrogens (tertiary/aromatic N) is 2. The SMILES string of the molecule is CCOC(=O)c1ccnc(N(CC)Cc2cccs2)c1N. The Balaban J connectivity index is 2.29. The molecule has 112 valence electrons. The van der Waals surface area contributed by atoms with Crippen LogP contribution in [-0.2, 0) is 11.3 Å². The molecule has 0 aliphatic carbocycles. The van der Waals surface area contributed by atoms with Gasteiger partial charge in [0.1, 0.15) is 0 Å². The van der Waals surface area contributed by atoms with Crippen molar-refractivity contribution in [1.82, 2.24) is 4.98 Å². The van der Waals surface area contributed by atoms with Gasteiger partial charge >= 0.3 is 5.97 Å². The highest BCUT2D eigenvalue weighted by atomic mass is 32.1. The van der Waals surface area contributed by atoms with Crippen molar-refractivity contribution in [3.8, 4) is 0 Å². The third-order valence-electron chi connectivity index (χ3n) is 3.07. The first kappa shape index (κ1) is 15.3. The Morgan fingerprint density at radius 1 is 1.43 bits per heavy atom. The molecular weight excluding hydrogens is 286 g/mol. The molecular formula is C15H19N3O2S. The summed E-state index contributed by atoms with van der Waals surface area (Å²) in [6, 6.07) is 5.67. The third-order valence-corrected chi connectivity index (χ3v) is 3.93. The summed E-state index contributed by atoms with van der Waals surface area (Å²) in [5.41, 5.74) is 6.86. The molecule has 0 unspecified atom stereocenters. The quantitative estimate of drug-likeness (QED) is 0.831. The topological polar surface area (TPSA) is 68.5 Å². The van der Waals surface area contributed by atoms with Gasteiger partial charge in [-0.25, -0.2) is 9.78 Å². The molecule has 0 bridgehead atoms. The molecule has 0 aromatic carbocycles. The highest BCUT2D eigenvalue weighted by Crippen LogP contribution is 2.26. The molecule has 0 fully saturated rings. The van der Waals surface area contributed by atoms with Gasteiger partial charge in [0.05, 0.1) is 24.4 Å². The minimum absolute atomic E-state index is 0.322. The molecule has 21 heavy (non-hydrogen) atoms. The van der Waals surface area contributed by atoms with Gasteiger partial charge in [0.2, 0.25) is 0 Å². The van der Waals surface area contributed by atoms with Crippen LogP contribution < -0.4 is 10.6 Å². The fraction of sp³-hybridized carbons (Fsp3) is 0.333. The van der Waals surface area contributed by atoms with E-state index in [2.05, 4.69) is 11.1 Å². The monoisotopic (exact) mass is 305 g/mol. The van der Waals surface area contributed by atoms with Crippen molar-refractivity contribution in [3.05, 3.63) is 40.2 Å². The standard InChI is InChI=1S/C15H19N3O2S/c1-3-18(10-11-6-5-9-21-11)14-13(16)12(7-8-17-14)15(19)20-4-2/h5-9H,3-4,10,16H2,1-2H3. The molecule has 2 N–H and O–H groups in total. The Morgan fingerprint density at radius 2 is 2.24 bits per heavy atom. The molecule has 0 saturated heterocycles. The second kappa shape index (κ2) is 7.08. The number of hydrogen-bond donors (Lipinski definition) is 1. The van der Waals surface area contributed by atoms with Crippen molar-refractivity contribution in [2.24, 2.45) is 0 Å². The second-order valence-electron chi connectivity index (χ2n) is 4.41. The summed E-state index contributed by atoms with van der Waals surface area (Å²) in [6.07, 6.45) is 1.59. The molecule has 2 heterocycles. The average Bonchev–Trinajstić information content (AvgIpc) is 2.98. The lowest BCUT2D eigenvalue weighted by Gasteiger charge is -2.23. The van der Waals surface area contributed by atoms with Crippen LogP contribution in [0.25, 0.3) is 0 Å². The van der Waals surface area contributed by atoms with E-state index in [1.165, 1.54) is 4.88 Å². The molecule has 2 aromatic rings. The number of ether oxygens (including phenoxy) is 1. The van der Waals surface area contributed by atoms with E-state index in [1.54, 1.807) is 30.5 Å². The molecule has 0 atom stereocenters. The average molecular weight is 305 g/mol. The molecule has 2 aromatic heterocycles. The Hall–Kier alpha value is -2.08. The summed E-state index contributed by atoms with van der Waals surface area (Å²) in [4.78, 5) is 19.5. The molecule has 0 amide bonds. The van der Waals surface area contributed by atoms with Gasteiger partial charge in [0.25, 0.3) is 0 Å². The molecule has 0 radical (unpaired) electrons. The number of nitrogens with two attached hydrogens (primary N) is 1.